The highest BCUT2D eigenvalue weighted by Gasteiger charge is 2.88. The summed E-state index contributed by atoms with van der Waals surface area (Å²) in [4.78, 5) is 40.2. The normalized spacial score (nSPS) is 37.8. The van der Waals surface area contributed by atoms with Crippen LogP contribution >= 0.6 is 0 Å². The first-order valence-corrected chi connectivity index (χ1v) is 15.3. The van der Waals surface area contributed by atoms with Crippen LogP contribution in [0.15, 0.2) is 53.6 Å². The van der Waals surface area contributed by atoms with E-state index >= 15 is 0 Å². The number of fused-ring (bicyclic) bond motifs is 5. The number of ether oxygens (including phenoxy) is 2. The van der Waals surface area contributed by atoms with Crippen LogP contribution in [-0.2, 0) is 19.1 Å². The molecule has 228 valence electrons. The van der Waals surface area contributed by atoms with Crippen molar-refractivity contribution in [1.29, 1.82) is 0 Å². The van der Waals surface area contributed by atoms with Crippen LogP contribution in [0.4, 0.5) is 0 Å². The van der Waals surface area contributed by atoms with Crippen molar-refractivity contribution in [3.8, 4) is 0 Å². The molecule has 0 unspecified atom stereocenters. The number of carbonyl (C=O) groups is 3. The summed E-state index contributed by atoms with van der Waals surface area (Å²) in [6.07, 6.45) is 6.05. The van der Waals surface area contributed by atoms with E-state index in [1.165, 1.54) is 0 Å². The van der Waals surface area contributed by atoms with Gasteiger partial charge in [0.05, 0.1) is 17.8 Å². The van der Waals surface area contributed by atoms with E-state index in [0.29, 0.717) is 23.1 Å². The Morgan fingerprint density at radius 2 is 1.74 bits per heavy atom. The second-order valence-corrected chi connectivity index (χ2v) is 13.4. The van der Waals surface area contributed by atoms with Gasteiger partial charge in [0.25, 0.3) is 0 Å². The topological polar surface area (TPSA) is 130 Å². The maximum absolute atomic E-state index is 13.5. The van der Waals surface area contributed by atoms with Crippen molar-refractivity contribution < 1.29 is 39.2 Å². The molecule has 8 nitrogen and oxygen atoms in total. The van der Waals surface area contributed by atoms with Gasteiger partial charge in [-0.05, 0) is 36.6 Å². The van der Waals surface area contributed by atoms with Gasteiger partial charge in [-0.3, -0.25) is 9.59 Å². The fourth-order valence-electron chi connectivity index (χ4n) is 8.52. The van der Waals surface area contributed by atoms with Gasteiger partial charge < -0.3 is 24.8 Å². The van der Waals surface area contributed by atoms with Crippen LogP contribution in [0.1, 0.15) is 83.5 Å². The predicted octanol–water partition coefficient (Wildman–Crippen LogP) is 4.32. The molecule has 2 fully saturated rings. The molecule has 1 aromatic carbocycles. The van der Waals surface area contributed by atoms with Gasteiger partial charge in [0.1, 0.15) is 11.7 Å². The molecule has 0 radical (unpaired) electrons. The number of hydrogen-bond donors (Lipinski definition) is 3. The van der Waals surface area contributed by atoms with Gasteiger partial charge in [-0.2, -0.15) is 0 Å². The standard InChI is InChI=1S/C34H44O8/c1-6-7-8-12-15-26(36)42-34-27(31(34,4)5)24-17-22(19-35)18-32(39)25(16-20(2)28(32)37)33(24,40)21(3)29(34)41-30(38)23-13-10-9-11-14-23/h9-11,13-14,16-17,21,24-25,27,29,35,39-40H,6-8,12,15,18-19H2,1-5H3/t21-,24+,25-,27-,29-,32-,33-,34-/m1/s1. The smallest absolute Gasteiger partial charge is 0.338 e. The lowest BCUT2D eigenvalue weighted by molar-refractivity contribution is -0.219. The van der Waals surface area contributed by atoms with E-state index in [4.69, 9.17) is 9.47 Å². The lowest BCUT2D eigenvalue weighted by Crippen LogP contribution is -2.66. The minimum absolute atomic E-state index is 0.127. The first-order chi connectivity index (χ1) is 19.8. The van der Waals surface area contributed by atoms with Gasteiger partial charge in [0.15, 0.2) is 11.4 Å². The average molecular weight is 581 g/mol. The first-order valence-electron chi connectivity index (χ1n) is 15.3. The molecule has 0 heterocycles. The number of aliphatic hydroxyl groups excluding tert-OH is 1. The quantitative estimate of drug-likeness (QED) is 0.224. The Morgan fingerprint density at radius 3 is 2.38 bits per heavy atom. The molecule has 42 heavy (non-hydrogen) atoms. The van der Waals surface area contributed by atoms with E-state index in [-0.39, 0.29) is 18.8 Å². The van der Waals surface area contributed by atoms with E-state index in [0.717, 1.165) is 19.3 Å². The second-order valence-electron chi connectivity index (χ2n) is 13.4. The third-order valence-electron chi connectivity index (χ3n) is 10.7. The van der Waals surface area contributed by atoms with Gasteiger partial charge in [-0.25, -0.2) is 4.79 Å². The van der Waals surface area contributed by atoms with Gasteiger partial charge in [-0.15, -0.1) is 0 Å². The summed E-state index contributed by atoms with van der Waals surface area (Å²) in [6, 6.07) is 8.52. The Labute approximate surface area is 247 Å². The van der Waals surface area contributed by atoms with Gasteiger partial charge in [0.2, 0.25) is 0 Å². The number of hydrogen-bond acceptors (Lipinski definition) is 8. The van der Waals surface area contributed by atoms with E-state index in [1.54, 1.807) is 56.3 Å². The molecule has 0 aromatic heterocycles. The minimum Gasteiger partial charge on any atom is -0.454 e. The summed E-state index contributed by atoms with van der Waals surface area (Å²) >= 11 is 0. The Bertz CT molecular complexity index is 1310. The summed E-state index contributed by atoms with van der Waals surface area (Å²) in [5.41, 5.74) is -4.61. The third-order valence-corrected chi connectivity index (χ3v) is 10.7. The summed E-state index contributed by atoms with van der Waals surface area (Å²) in [7, 11) is 0. The summed E-state index contributed by atoms with van der Waals surface area (Å²) in [5.74, 6) is -4.57. The molecule has 0 amide bonds. The number of Topliss-reactive ketones (excluding diaryl/α,β-unsaturated/α-hetero) is 1. The van der Waals surface area contributed by atoms with E-state index in [1.807, 2.05) is 13.8 Å². The lowest BCUT2D eigenvalue weighted by Gasteiger charge is -2.53. The molecule has 0 bridgehead atoms. The maximum atomic E-state index is 13.5. The van der Waals surface area contributed by atoms with Crippen LogP contribution in [0.2, 0.25) is 0 Å². The molecular formula is C34H44O8. The largest absolute Gasteiger partial charge is 0.454 e. The fourth-order valence-corrected chi connectivity index (χ4v) is 8.52. The molecule has 0 aliphatic heterocycles. The zero-order valence-corrected chi connectivity index (χ0v) is 25.3. The highest BCUT2D eigenvalue weighted by Crippen LogP contribution is 2.77. The SMILES string of the molecule is CCCCCCC(=O)O[C@@]12[C@H](OC(=O)c3ccccc3)[C@@H](C)[C@@]3(O)[C@@H](C=C(CO)C[C@]4(O)C(=O)C(C)=C[C@@H]34)[C@@H]1C2(C)C. The van der Waals surface area contributed by atoms with Crippen LogP contribution < -0.4 is 0 Å². The predicted molar refractivity (Wildman–Crippen MR) is 155 cm³/mol. The summed E-state index contributed by atoms with van der Waals surface area (Å²) in [5, 5.41) is 35.0. The molecule has 5 rings (SSSR count). The molecule has 8 heteroatoms. The Hall–Kier alpha value is -2.81. The van der Waals surface area contributed by atoms with Crippen LogP contribution in [0.5, 0.6) is 0 Å². The number of rotatable bonds is 9. The number of ketones is 1. The second kappa shape index (κ2) is 10.7. The first kappa shape index (κ1) is 30.6. The third kappa shape index (κ3) is 4.32. The zero-order valence-electron chi connectivity index (χ0n) is 25.3. The number of carbonyl (C=O) groups excluding carboxylic acids is 3. The summed E-state index contributed by atoms with van der Waals surface area (Å²) in [6.45, 7) is 8.93. The molecular weight excluding hydrogens is 536 g/mol. The van der Waals surface area contributed by atoms with Crippen molar-refractivity contribution in [3.63, 3.8) is 0 Å². The average Bonchev–Trinajstić information content (AvgIpc) is 3.39. The van der Waals surface area contributed by atoms with E-state index in [9.17, 15) is 29.7 Å². The molecule has 4 aliphatic carbocycles. The van der Waals surface area contributed by atoms with E-state index in [2.05, 4.69) is 6.92 Å². The molecule has 0 saturated heterocycles. The van der Waals surface area contributed by atoms with Crippen LogP contribution in [-0.4, -0.2) is 62.6 Å². The molecule has 0 spiro atoms. The Kier molecular flexibility index (Phi) is 7.82. The van der Waals surface area contributed by atoms with Gasteiger partial charge >= 0.3 is 11.9 Å². The maximum Gasteiger partial charge on any atom is 0.338 e. The number of esters is 2. The molecule has 1 aromatic rings. The fraction of sp³-hybridized carbons (Fsp3) is 0.618. The monoisotopic (exact) mass is 580 g/mol. The van der Waals surface area contributed by atoms with Crippen molar-refractivity contribution in [2.24, 2.45) is 29.1 Å². The van der Waals surface area contributed by atoms with Crippen molar-refractivity contribution in [1.82, 2.24) is 0 Å². The van der Waals surface area contributed by atoms with Crippen molar-refractivity contribution in [2.75, 3.05) is 6.61 Å². The number of aliphatic hydroxyl groups is 3. The number of unbranched alkanes of at least 4 members (excludes halogenated alkanes) is 3. The molecule has 8 atom stereocenters. The highest BCUT2D eigenvalue weighted by atomic mass is 16.6. The molecule has 4 aliphatic rings. The highest BCUT2D eigenvalue weighted by molar-refractivity contribution is 6.04. The van der Waals surface area contributed by atoms with Crippen LogP contribution in [0.25, 0.3) is 0 Å². The minimum atomic E-state index is -1.96. The summed E-state index contributed by atoms with van der Waals surface area (Å²) < 4.78 is 12.6. The molecule has 2 saturated carbocycles. The molecule has 3 N–H and O–H groups in total. The van der Waals surface area contributed by atoms with Crippen LogP contribution in [0.3, 0.4) is 0 Å². The van der Waals surface area contributed by atoms with Crippen LogP contribution in [0, 0.1) is 29.1 Å². The van der Waals surface area contributed by atoms with Gasteiger partial charge in [0, 0.05) is 41.9 Å². The zero-order chi connectivity index (χ0) is 30.7. The van der Waals surface area contributed by atoms with Crippen molar-refractivity contribution in [3.05, 3.63) is 59.2 Å². The van der Waals surface area contributed by atoms with Gasteiger partial charge in [-0.1, -0.05) is 77.3 Å². The van der Waals surface area contributed by atoms with Crippen molar-refractivity contribution >= 4 is 17.7 Å². The Morgan fingerprint density at radius 1 is 1.05 bits per heavy atom. The van der Waals surface area contributed by atoms with Crippen molar-refractivity contribution in [2.45, 2.75) is 96.1 Å². The lowest BCUT2D eigenvalue weighted by atomic mass is 9.59. The number of benzene rings is 1. The van der Waals surface area contributed by atoms with E-state index < -0.39 is 70.4 Å². The Balaban J connectivity index is 1.62.